The molecule has 7 heteroatoms. The van der Waals surface area contributed by atoms with Crippen LogP contribution in [-0.2, 0) is 11.2 Å². The Bertz CT molecular complexity index is 697. The van der Waals surface area contributed by atoms with Gasteiger partial charge >= 0.3 is 0 Å². The molecule has 0 spiro atoms. The molecule has 7 nitrogen and oxygen atoms in total. The van der Waals surface area contributed by atoms with Crippen molar-refractivity contribution in [1.29, 1.82) is 0 Å². The van der Waals surface area contributed by atoms with Gasteiger partial charge in [-0.15, -0.1) is 10.2 Å². The van der Waals surface area contributed by atoms with E-state index in [1.165, 1.54) is 5.56 Å². The number of hydrogen-bond acceptors (Lipinski definition) is 5. The summed E-state index contributed by atoms with van der Waals surface area (Å²) < 4.78 is 0. The molecule has 0 unspecified atom stereocenters. The fourth-order valence-corrected chi connectivity index (χ4v) is 2.71. The average molecular weight is 339 g/mol. The van der Waals surface area contributed by atoms with E-state index < -0.39 is 0 Å². The van der Waals surface area contributed by atoms with Gasteiger partial charge < -0.3 is 15.1 Å². The lowest BCUT2D eigenvalue weighted by atomic mass is 10.1. The quantitative estimate of drug-likeness (QED) is 0.796. The second kappa shape index (κ2) is 8.23. The third kappa shape index (κ3) is 4.53. The van der Waals surface area contributed by atoms with Gasteiger partial charge in [0.1, 0.15) is 5.82 Å². The van der Waals surface area contributed by atoms with E-state index in [0.717, 1.165) is 19.4 Å². The molecule has 0 saturated carbocycles. The highest BCUT2D eigenvalue weighted by Crippen LogP contribution is 2.08. The van der Waals surface area contributed by atoms with Crippen LogP contribution >= 0.6 is 0 Å². The summed E-state index contributed by atoms with van der Waals surface area (Å²) in [6.07, 6.45) is 1.71. The van der Waals surface area contributed by atoms with Crippen molar-refractivity contribution < 1.29 is 9.59 Å². The monoisotopic (exact) mass is 339 g/mol. The first-order valence-corrected chi connectivity index (χ1v) is 8.36. The molecule has 1 N–H and O–H groups in total. The molecular formula is C18H21N5O2. The lowest BCUT2D eigenvalue weighted by molar-refractivity contribution is -0.119. The summed E-state index contributed by atoms with van der Waals surface area (Å²) in [6.45, 7) is 2.91. The second-order valence-electron chi connectivity index (χ2n) is 5.90. The Labute approximate surface area is 146 Å². The summed E-state index contributed by atoms with van der Waals surface area (Å²) in [5.74, 6) is 0.507. The molecule has 1 aromatic heterocycles. The standard InChI is InChI=1S/C18H21N5O2/c24-14-22-10-12-23(13-11-22)18(25)16-6-7-17(21-20-16)19-9-8-15-4-2-1-3-5-15/h1-7,14H,8-13H2,(H,19,21). The van der Waals surface area contributed by atoms with Crippen molar-refractivity contribution in [3.8, 4) is 0 Å². The largest absolute Gasteiger partial charge is 0.368 e. The van der Waals surface area contributed by atoms with Crippen molar-refractivity contribution in [1.82, 2.24) is 20.0 Å². The summed E-state index contributed by atoms with van der Waals surface area (Å²) in [6, 6.07) is 13.7. The van der Waals surface area contributed by atoms with Crippen LogP contribution in [0.2, 0.25) is 0 Å². The zero-order valence-corrected chi connectivity index (χ0v) is 14.0. The maximum Gasteiger partial charge on any atom is 0.274 e. The Morgan fingerprint density at radius 1 is 1.04 bits per heavy atom. The van der Waals surface area contributed by atoms with Crippen molar-refractivity contribution in [3.63, 3.8) is 0 Å². The van der Waals surface area contributed by atoms with E-state index in [4.69, 9.17) is 0 Å². The number of amides is 2. The van der Waals surface area contributed by atoms with Gasteiger partial charge in [-0.3, -0.25) is 9.59 Å². The third-order valence-corrected chi connectivity index (χ3v) is 4.20. The molecule has 2 aromatic rings. The first-order valence-electron chi connectivity index (χ1n) is 8.36. The molecule has 2 amide bonds. The molecule has 1 aromatic carbocycles. The normalized spacial score (nSPS) is 14.2. The second-order valence-corrected chi connectivity index (χ2v) is 5.90. The molecule has 1 aliphatic heterocycles. The summed E-state index contributed by atoms with van der Waals surface area (Å²) in [5.41, 5.74) is 1.58. The van der Waals surface area contributed by atoms with Crippen molar-refractivity contribution in [2.75, 3.05) is 38.0 Å². The maximum atomic E-state index is 12.4. The maximum absolute atomic E-state index is 12.4. The number of hydrogen-bond donors (Lipinski definition) is 1. The SMILES string of the molecule is O=CN1CCN(C(=O)c2ccc(NCCc3ccccc3)nn2)CC1. The minimum atomic E-state index is -0.145. The lowest BCUT2D eigenvalue weighted by Crippen LogP contribution is -2.48. The van der Waals surface area contributed by atoms with Gasteiger partial charge in [-0.25, -0.2) is 0 Å². The first kappa shape index (κ1) is 16.9. The van der Waals surface area contributed by atoms with Crippen molar-refractivity contribution >= 4 is 18.1 Å². The molecule has 2 heterocycles. The Kier molecular flexibility index (Phi) is 5.56. The summed E-state index contributed by atoms with van der Waals surface area (Å²) >= 11 is 0. The van der Waals surface area contributed by atoms with Gasteiger partial charge in [0.25, 0.3) is 5.91 Å². The smallest absolute Gasteiger partial charge is 0.274 e. The van der Waals surface area contributed by atoms with Crippen LogP contribution < -0.4 is 5.32 Å². The highest BCUT2D eigenvalue weighted by Gasteiger charge is 2.22. The Balaban J connectivity index is 1.50. The molecule has 1 aliphatic rings. The van der Waals surface area contributed by atoms with Crippen molar-refractivity contribution in [2.24, 2.45) is 0 Å². The van der Waals surface area contributed by atoms with Gasteiger partial charge in [-0.2, -0.15) is 0 Å². The van der Waals surface area contributed by atoms with Crippen LogP contribution in [0.25, 0.3) is 0 Å². The van der Waals surface area contributed by atoms with E-state index in [1.807, 2.05) is 18.2 Å². The molecule has 25 heavy (non-hydrogen) atoms. The number of aromatic nitrogens is 2. The number of carbonyl (C=O) groups is 2. The van der Waals surface area contributed by atoms with E-state index in [2.05, 4.69) is 27.6 Å². The number of rotatable bonds is 6. The summed E-state index contributed by atoms with van der Waals surface area (Å²) in [4.78, 5) is 26.5. The van der Waals surface area contributed by atoms with Crippen molar-refractivity contribution in [3.05, 3.63) is 53.7 Å². The minimum Gasteiger partial charge on any atom is -0.368 e. The molecule has 0 bridgehead atoms. The number of nitrogens with one attached hydrogen (secondary N) is 1. The number of piperazine rings is 1. The fourth-order valence-electron chi connectivity index (χ4n) is 2.71. The number of nitrogens with zero attached hydrogens (tertiary/aromatic N) is 4. The van der Waals surface area contributed by atoms with Crippen LogP contribution in [0.1, 0.15) is 16.1 Å². The summed E-state index contributed by atoms with van der Waals surface area (Å²) in [7, 11) is 0. The molecule has 0 aliphatic carbocycles. The molecule has 0 atom stereocenters. The van der Waals surface area contributed by atoms with Gasteiger partial charge in [0.2, 0.25) is 6.41 Å². The Morgan fingerprint density at radius 2 is 1.80 bits per heavy atom. The van der Waals surface area contributed by atoms with Crippen LogP contribution in [0.4, 0.5) is 5.82 Å². The van der Waals surface area contributed by atoms with E-state index in [1.54, 1.807) is 21.9 Å². The molecule has 130 valence electrons. The lowest BCUT2D eigenvalue weighted by Gasteiger charge is -2.32. The van der Waals surface area contributed by atoms with E-state index in [9.17, 15) is 9.59 Å². The Morgan fingerprint density at radius 3 is 2.44 bits per heavy atom. The molecule has 0 radical (unpaired) electrons. The van der Waals surface area contributed by atoms with Crippen molar-refractivity contribution in [2.45, 2.75) is 6.42 Å². The number of benzene rings is 1. The van der Waals surface area contributed by atoms with Gasteiger partial charge in [-0.05, 0) is 24.1 Å². The number of anilines is 1. The third-order valence-electron chi connectivity index (χ3n) is 4.20. The predicted molar refractivity (Wildman–Crippen MR) is 94.2 cm³/mol. The number of carbonyl (C=O) groups excluding carboxylic acids is 2. The zero-order chi connectivity index (χ0) is 17.5. The highest BCUT2D eigenvalue weighted by atomic mass is 16.2. The first-order chi connectivity index (χ1) is 12.3. The predicted octanol–water partition coefficient (Wildman–Crippen LogP) is 1.05. The topological polar surface area (TPSA) is 78.4 Å². The Hall–Kier alpha value is -2.96. The van der Waals surface area contributed by atoms with Gasteiger partial charge in [0.05, 0.1) is 0 Å². The molecule has 1 fully saturated rings. The van der Waals surface area contributed by atoms with Crippen LogP contribution in [0, 0.1) is 0 Å². The highest BCUT2D eigenvalue weighted by molar-refractivity contribution is 5.92. The van der Waals surface area contributed by atoms with Crippen LogP contribution in [-0.4, -0.2) is 65.0 Å². The minimum absolute atomic E-state index is 0.145. The fraction of sp³-hybridized carbons (Fsp3) is 0.333. The van der Waals surface area contributed by atoms with E-state index in [0.29, 0.717) is 37.7 Å². The van der Waals surface area contributed by atoms with Gasteiger partial charge in [0.15, 0.2) is 5.69 Å². The molecular weight excluding hydrogens is 318 g/mol. The van der Waals surface area contributed by atoms with Crippen LogP contribution in [0.15, 0.2) is 42.5 Å². The average Bonchev–Trinajstić information content (AvgIpc) is 2.69. The van der Waals surface area contributed by atoms with E-state index >= 15 is 0 Å². The van der Waals surface area contributed by atoms with Gasteiger partial charge in [-0.1, -0.05) is 30.3 Å². The van der Waals surface area contributed by atoms with E-state index in [-0.39, 0.29) is 5.91 Å². The zero-order valence-electron chi connectivity index (χ0n) is 14.0. The molecule has 3 rings (SSSR count). The summed E-state index contributed by atoms with van der Waals surface area (Å²) in [5, 5.41) is 11.3. The van der Waals surface area contributed by atoms with Crippen LogP contribution in [0.5, 0.6) is 0 Å². The van der Waals surface area contributed by atoms with Crippen LogP contribution in [0.3, 0.4) is 0 Å². The van der Waals surface area contributed by atoms with Gasteiger partial charge in [0, 0.05) is 32.7 Å². The molecule has 1 saturated heterocycles.